The van der Waals surface area contributed by atoms with Crippen molar-refractivity contribution >= 4 is 39.1 Å². The number of nitrogens with zero attached hydrogens (tertiary/aromatic N) is 2. The van der Waals surface area contributed by atoms with Gasteiger partial charge in [0.15, 0.2) is 0 Å². The summed E-state index contributed by atoms with van der Waals surface area (Å²) in [5.41, 5.74) is 2.50. The first-order chi connectivity index (χ1) is 18.1. The quantitative estimate of drug-likeness (QED) is 0.373. The second kappa shape index (κ2) is 14.0. The van der Waals surface area contributed by atoms with Crippen LogP contribution in [0.3, 0.4) is 0 Å². The van der Waals surface area contributed by atoms with E-state index in [9.17, 15) is 18.0 Å². The predicted octanol–water partition coefficient (Wildman–Crippen LogP) is 5.45. The van der Waals surface area contributed by atoms with Crippen LogP contribution in [0.5, 0.6) is 0 Å². The molecule has 1 aliphatic rings. The second-order valence-corrected chi connectivity index (χ2v) is 12.5. The van der Waals surface area contributed by atoms with Gasteiger partial charge in [0.2, 0.25) is 21.8 Å². The van der Waals surface area contributed by atoms with Gasteiger partial charge in [-0.15, -0.1) is 0 Å². The van der Waals surface area contributed by atoms with E-state index in [1.54, 1.807) is 29.2 Å². The first-order valence-corrected chi connectivity index (χ1v) is 15.7. The number of halogens is 1. The average Bonchev–Trinajstić information content (AvgIpc) is 2.87. The van der Waals surface area contributed by atoms with Crippen molar-refractivity contribution in [1.82, 2.24) is 10.2 Å². The molecule has 208 valence electrons. The lowest BCUT2D eigenvalue weighted by Gasteiger charge is -2.33. The fraction of sp³-hybridized carbons (Fsp3) is 0.517. The molecule has 3 rings (SSSR count). The van der Waals surface area contributed by atoms with Gasteiger partial charge in [-0.05, 0) is 61.9 Å². The maximum Gasteiger partial charge on any atom is 0.243 e. The fourth-order valence-electron chi connectivity index (χ4n) is 5.07. The third kappa shape index (κ3) is 8.46. The zero-order valence-electron chi connectivity index (χ0n) is 22.7. The molecule has 1 unspecified atom stereocenters. The van der Waals surface area contributed by atoms with Crippen LogP contribution >= 0.6 is 11.6 Å². The summed E-state index contributed by atoms with van der Waals surface area (Å²) in [7, 11) is -3.57. The molecule has 2 aromatic carbocycles. The fourth-order valence-corrected chi connectivity index (χ4v) is 6.21. The molecular formula is C29H40ClN3O4S. The van der Waals surface area contributed by atoms with Gasteiger partial charge in [-0.25, -0.2) is 8.42 Å². The van der Waals surface area contributed by atoms with Crippen LogP contribution in [-0.4, -0.2) is 50.0 Å². The third-order valence-electron chi connectivity index (χ3n) is 7.19. The van der Waals surface area contributed by atoms with Gasteiger partial charge in [-0.1, -0.05) is 68.1 Å². The SMILES string of the molecule is CCC(C(=O)NC1CCCCC1)N(Cc1ccccc1C)C(=O)CCCN(c1cccc(Cl)c1)S(C)(=O)=O. The van der Waals surface area contributed by atoms with Crippen LogP contribution in [0.1, 0.15) is 69.4 Å². The largest absolute Gasteiger partial charge is 0.352 e. The molecule has 0 aliphatic heterocycles. The molecule has 1 atom stereocenters. The number of anilines is 1. The summed E-state index contributed by atoms with van der Waals surface area (Å²) in [6, 6.07) is 14.1. The van der Waals surface area contributed by atoms with Gasteiger partial charge >= 0.3 is 0 Å². The number of nitrogens with one attached hydrogen (secondary N) is 1. The van der Waals surface area contributed by atoms with E-state index in [1.165, 1.54) is 10.7 Å². The summed E-state index contributed by atoms with van der Waals surface area (Å²) in [4.78, 5) is 28.7. The maximum absolute atomic E-state index is 13.6. The lowest BCUT2D eigenvalue weighted by molar-refractivity contribution is -0.141. The lowest BCUT2D eigenvalue weighted by Crippen LogP contribution is -2.51. The summed E-state index contributed by atoms with van der Waals surface area (Å²) >= 11 is 6.08. The minimum atomic E-state index is -3.57. The van der Waals surface area contributed by atoms with Gasteiger partial charge in [0.25, 0.3) is 0 Å². The average molecular weight is 562 g/mol. The minimum Gasteiger partial charge on any atom is -0.352 e. The highest BCUT2D eigenvalue weighted by molar-refractivity contribution is 7.92. The van der Waals surface area contributed by atoms with Crippen LogP contribution in [0.15, 0.2) is 48.5 Å². The van der Waals surface area contributed by atoms with E-state index in [2.05, 4.69) is 5.32 Å². The van der Waals surface area contributed by atoms with Crippen molar-refractivity contribution in [2.24, 2.45) is 0 Å². The number of hydrogen-bond donors (Lipinski definition) is 1. The van der Waals surface area contributed by atoms with E-state index >= 15 is 0 Å². The van der Waals surface area contributed by atoms with Gasteiger partial charge in [-0.2, -0.15) is 0 Å². The van der Waals surface area contributed by atoms with Crippen molar-refractivity contribution < 1.29 is 18.0 Å². The summed E-state index contributed by atoms with van der Waals surface area (Å²) in [5.74, 6) is -0.281. The number of hydrogen-bond acceptors (Lipinski definition) is 4. The van der Waals surface area contributed by atoms with E-state index in [0.717, 1.165) is 43.1 Å². The zero-order chi connectivity index (χ0) is 27.7. The van der Waals surface area contributed by atoms with Crippen LogP contribution in [0.4, 0.5) is 5.69 Å². The van der Waals surface area contributed by atoms with E-state index in [0.29, 0.717) is 30.1 Å². The van der Waals surface area contributed by atoms with Crippen LogP contribution in [-0.2, 0) is 26.2 Å². The molecule has 1 saturated carbocycles. The topological polar surface area (TPSA) is 86.8 Å². The molecule has 2 aromatic rings. The highest BCUT2D eigenvalue weighted by Crippen LogP contribution is 2.24. The zero-order valence-corrected chi connectivity index (χ0v) is 24.2. The summed E-state index contributed by atoms with van der Waals surface area (Å²) in [6.45, 7) is 4.38. The van der Waals surface area contributed by atoms with Crippen LogP contribution in [0.25, 0.3) is 0 Å². The number of benzene rings is 2. The molecule has 2 amide bonds. The number of amides is 2. The molecule has 1 fully saturated rings. The summed E-state index contributed by atoms with van der Waals surface area (Å²) < 4.78 is 26.3. The van der Waals surface area contributed by atoms with Gasteiger partial charge in [0.05, 0.1) is 11.9 Å². The molecule has 0 saturated heterocycles. The van der Waals surface area contributed by atoms with Crippen LogP contribution < -0.4 is 9.62 Å². The predicted molar refractivity (Wildman–Crippen MR) is 154 cm³/mol. The monoisotopic (exact) mass is 561 g/mol. The Morgan fingerprint density at radius 2 is 1.79 bits per heavy atom. The van der Waals surface area contributed by atoms with Gasteiger partial charge in [0.1, 0.15) is 6.04 Å². The standard InChI is InChI=1S/C29H40ClN3O4S/c1-4-27(29(35)31-25-15-6-5-7-16-25)32(21-23-13-9-8-12-22(23)2)28(34)18-11-19-33(38(3,36)37)26-17-10-14-24(30)20-26/h8-10,12-14,17,20,25,27H,4-7,11,15-16,18-19,21H2,1-3H3,(H,31,35). The molecule has 0 spiro atoms. The van der Waals surface area contributed by atoms with E-state index in [-0.39, 0.29) is 30.8 Å². The number of carbonyl (C=O) groups is 2. The Morgan fingerprint density at radius 3 is 2.42 bits per heavy atom. The Bertz CT molecular complexity index is 1200. The first kappa shape index (κ1) is 30.0. The highest BCUT2D eigenvalue weighted by Gasteiger charge is 2.30. The molecule has 9 heteroatoms. The Balaban J connectivity index is 1.76. The molecule has 0 aromatic heterocycles. The number of carbonyl (C=O) groups excluding carboxylic acids is 2. The normalized spacial score (nSPS) is 15.1. The smallest absolute Gasteiger partial charge is 0.243 e. The van der Waals surface area contributed by atoms with Gasteiger partial charge in [-0.3, -0.25) is 13.9 Å². The second-order valence-electron chi connectivity index (χ2n) is 10.1. The highest BCUT2D eigenvalue weighted by atomic mass is 35.5. The summed E-state index contributed by atoms with van der Waals surface area (Å²) in [5, 5.41) is 3.63. The van der Waals surface area contributed by atoms with Crippen molar-refractivity contribution in [3.05, 3.63) is 64.7 Å². The van der Waals surface area contributed by atoms with Crippen molar-refractivity contribution in [2.75, 3.05) is 17.1 Å². The third-order valence-corrected chi connectivity index (χ3v) is 8.62. The Hall–Kier alpha value is -2.58. The molecule has 7 nitrogen and oxygen atoms in total. The van der Waals surface area contributed by atoms with Crippen molar-refractivity contribution in [1.29, 1.82) is 0 Å². The first-order valence-electron chi connectivity index (χ1n) is 13.5. The molecule has 1 aliphatic carbocycles. The maximum atomic E-state index is 13.6. The number of aryl methyl sites for hydroxylation is 1. The van der Waals surface area contributed by atoms with Crippen molar-refractivity contribution in [2.45, 2.75) is 83.8 Å². The number of rotatable bonds is 12. The van der Waals surface area contributed by atoms with Crippen molar-refractivity contribution in [3.8, 4) is 0 Å². The lowest BCUT2D eigenvalue weighted by atomic mass is 9.95. The van der Waals surface area contributed by atoms with Gasteiger partial charge < -0.3 is 10.2 Å². The van der Waals surface area contributed by atoms with E-state index in [4.69, 9.17) is 11.6 Å². The minimum absolute atomic E-state index is 0.113. The van der Waals surface area contributed by atoms with E-state index in [1.807, 2.05) is 38.1 Å². The van der Waals surface area contributed by atoms with Gasteiger partial charge in [0, 0.05) is 30.6 Å². The molecule has 0 bridgehead atoms. The Labute approximate surface area is 232 Å². The van der Waals surface area contributed by atoms with Crippen molar-refractivity contribution in [3.63, 3.8) is 0 Å². The molecule has 0 radical (unpaired) electrons. The number of sulfonamides is 1. The Morgan fingerprint density at radius 1 is 1.08 bits per heavy atom. The molecule has 1 N–H and O–H groups in total. The molecule has 0 heterocycles. The van der Waals surface area contributed by atoms with Crippen LogP contribution in [0.2, 0.25) is 5.02 Å². The van der Waals surface area contributed by atoms with E-state index < -0.39 is 16.1 Å². The Kier molecular flexibility index (Phi) is 11.0. The van der Waals surface area contributed by atoms with Crippen LogP contribution in [0, 0.1) is 6.92 Å². The summed E-state index contributed by atoms with van der Waals surface area (Å²) in [6.07, 6.45) is 7.42. The molecule has 38 heavy (non-hydrogen) atoms. The molecular weight excluding hydrogens is 522 g/mol.